The van der Waals surface area contributed by atoms with Gasteiger partial charge in [-0.3, -0.25) is 0 Å². The summed E-state index contributed by atoms with van der Waals surface area (Å²) in [5.41, 5.74) is -0.170. The average Bonchev–Trinajstić information content (AvgIpc) is 2.56. The summed E-state index contributed by atoms with van der Waals surface area (Å²) >= 11 is 0. The fraction of sp³-hybridized carbons (Fsp3) is 0.231. The SMILES string of the molecule is CC(C)(O)C#Cc1cc2ccccc2o1. The number of rotatable bonds is 0. The number of aliphatic hydroxyl groups is 1. The highest BCUT2D eigenvalue weighted by molar-refractivity contribution is 5.78. The summed E-state index contributed by atoms with van der Waals surface area (Å²) < 4.78 is 5.48. The Hall–Kier alpha value is -1.72. The van der Waals surface area contributed by atoms with E-state index in [2.05, 4.69) is 11.8 Å². The largest absolute Gasteiger partial charge is 0.448 e. The lowest BCUT2D eigenvalue weighted by Gasteiger charge is -2.05. The van der Waals surface area contributed by atoms with Gasteiger partial charge in [0.05, 0.1) is 0 Å². The van der Waals surface area contributed by atoms with E-state index < -0.39 is 5.60 Å². The van der Waals surface area contributed by atoms with Crippen LogP contribution in [0.2, 0.25) is 0 Å². The standard InChI is InChI=1S/C13H12O2/c1-13(2,14)8-7-11-9-10-5-3-4-6-12(10)15-11/h3-6,9,14H,1-2H3. The van der Waals surface area contributed by atoms with E-state index in [0.717, 1.165) is 11.0 Å². The topological polar surface area (TPSA) is 33.4 Å². The summed E-state index contributed by atoms with van der Waals surface area (Å²) in [7, 11) is 0. The highest BCUT2D eigenvalue weighted by atomic mass is 16.3. The van der Waals surface area contributed by atoms with E-state index >= 15 is 0 Å². The van der Waals surface area contributed by atoms with Crippen LogP contribution in [-0.4, -0.2) is 10.7 Å². The average molecular weight is 200 g/mol. The van der Waals surface area contributed by atoms with Gasteiger partial charge in [0.2, 0.25) is 0 Å². The molecule has 0 aliphatic rings. The summed E-state index contributed by atoms with van der Waals surface area (Å²) in [6.45, 7) is 3.28. The molecule has 2 heteroatoms. The molecule has 0 saturated heterocycles. The molecular weight excluding hydrogens is 188 g/mol. The predicted molar refractivity (Wildman–Crippen MR) is 59.4 cm³/mol. The summed E-state index contributed by atoms with van der Waals surface area (Å²) in [4.78, 5) is 0. The minimum atomic E-state index is -0.987. The molecule has 0 atom stereocenters. The fourth-order valence-electron chi connectivity index (χ4n) is 1.26. The number of benzene rings is 1. The summed E-state index contributed by atoms with van der Waals surface area (Å²) in [6.07, 6.45) is 0. The second-order valence-corrected chi connectivity index (χ2v) is 3.96. The zero-order valence-corrected chi connectivity index (χ0v) is 8.74. The van der Waals surface area contributed by atoms with Crippen molar-refractivity contribution in [1.82, 2.24) is 0 Å². The monoisotopic (exact) mass is 200 g/mol. The third kappa shape index (κ3) is 2.39. The minimum absolute atomic E-state index is 0.582. The van der Waals surface area contributed by atoms with Crippen molar-refractivity contribution in [1.29, 1.82) is 0 Å². The molecule has 15 heavy (non-hydrogen) atoms. The summed E-state index contributed by atoms with van der Waals surface area (Å²) in [5.74, 6) is 6.10. The Morgan fingerprint density at radius 1 is 1.27 bits per heavy atom. The molecule has 0 bridgehead atoms. The van der Waals surface area contributed by atoms with E-state index in [1.165, 1.54) is 0 Å². The van der Waals surface area contributed by atoms with Crippen LogP contribution < -0.4 is 0 Å². The Kier molecular flexibility index (Phi) is 2.26. The maximum atomic E-state index is 9.44. The first-order valence-electron chi connectivity index (χ1n) is 4.79. The van der Waals surface area contributed by atoms with Crippen LogP contribution in [0.5, 0.6) is 0 Å². The Labute approximate surface area is 88.5 Å². The van der Waals surface area contributed by atoms with E-state index in [9.17, 15) is 5.11 Å². The molecule has 2 rings (SSSR count). The van der Waals surface area contributed by atoms with Crippen molar-refractivity contribution < 1.29 is 9.52 Å². The molecule has 0 aliphatic carbocycles. The quantitative estimate of drug-likeness (QED) is 0.663. The predicted octanol–water partition coefficient (Wildman–Crippen LogP) is 2.56. The van der Waals surface area contributed by atoms with Crippen LogP contribution in [0, 0.1) is 11.8 Å². The molecule has 1 heterocycles. The van der Waals surface area contributed by atoms with Gasteiger partial charge in [-0.2, -0.15) is 0 Å². The molecule has 0 fully saturated rings. The van der Waals surface area contributed by atoms with E-state index in [4.69, 9.17) is 4.42 Å². The minimum Gasteiger partial charge on any atom is -0.448 e. The lowest BCUT2D eigenvalue weighted by molar-refractivity contribution is 0.143. The van der Waals surface area contributed by atoms with Gasteiger partial charge in [0, 0.05) is 11.5 Å². The second kappa shape index (κ2) is 3.45. The molecule has 0 aliphatic heterocycles. The van der Waals surface area contributed by atoms with Crippen molar-refractivity contribution in [2.75, 3.05) is 0 Å². The van der Waals surface area contributed by atoms with Crippen LogP contribution in [0.4, 0.5) is 0 Å². The first-order valence-corrected chi connectivity index (χ1v) is 4.79. The molecule has 2 aromatic rings. The van der Waals surface area contributed by atoms with Gasteiger partial charge in [0.15, 0.2) is 5.76 Å². The van der Waals surface area contributed by atoms with Gasteiger partial charge in [0.25, 0.3) is 0 Å². The van der Waals surface area contributed by atoms with Crippen LogP contribution >= 0.6 is 0 Å². The number of para-hydroxylation sites is 1. The molecule has 0 amide bonds. The zero-order valence-electron chi connectivity index (χ0n) is 8.74. The van der Waals surface area contributed by atoms with Crippen molar-refractivity contribution in [3.63, 3.8) is 0 Å². The number of hydrogen-bond donors (Lipinski definition) is 1. The smallest absolute Gasteiger partial charge is 0.178 e. The Morgan fingerprint density at radius 2 is 2.00 bits per heavy atom. The highest BCUT2D eigenvalue weighted by Gasteiger charge is 2.06. The van der Waals surface area contributed by atoms with Gasteiger partial charge >= 0.3 is 0 Å². The molecular formula is C13H12O2. The van der Waals surface area contributed by atoms with Crippen LogP contribution in [0.25, 0.3) is 11.0 Å². The van der Waals surface area contributed by atoms with E-state index in [1.54, 1.807) is 13.8 Å². The number of hydrogen-bond acceptors (Lipinski definition) is 2. The van der Waals surface area contributed by atoms with Gasteiger partial charge < -0.3 is 9.52 Å². The van der Waals surface area contributed by atoms with Gasteiger partial charge in [-0.1, -0.05) is 24.1 Å². The number of furan rings is 1. The molecule has 0 saturated carbocycles. The van der Waals surface area contributed by atoms with Crippen LogP contribution in [-0.2, 0) is 0 Å². The molecule has 1 N–H and O–H groups in total. The Balaban J connectivity index is 2.41. The van der Waals surface area contributed by atoms with Crippen molar-refractivity contribution in [3.05, 3.63) is 36.1 Å². The Morgan fingerprint density at radius 3 is 2.67 bits per heavy atom. The van der Waals surface area contributed by atoms with E-state index in [1.807, 2.05) is 30.3 Å². The molecule has 76 valence electrons. The van der Waals surface area contributed by atoms with Gasteiger partial charge in [-0.15, -0.1) is 0 Å². The fourth-order valence-corrected chi connectivity index (χ4v) is 1.26. The summed E-state index contributed by atoms with van der Waals surface area (Å²) in [5, 5.41) is 10.5. The third-order valence-corrected chi connectivity index (χ3v) is 1.92. The maximum absolute atomic E-state index is 9.44. The first-order chi connectivity index (χ1) is 7.04. The summed E-state index contributed by atoms with van der Waals surface area (Å²) in [6, 6.07) is 9.59. The maximum Gasteiger partial charge on any atom is 0.178 e. The van der Waals surface area contributed by atoms with Crippen molar-refractivity contribution in [3.8, 4) is 11.8 Å². The third-order valence-electron chi connectivity index (χ3n) is 1.92. The highest BCUT2D eigenvalue weighted by Crippen LogP contribution is 2.17. The van der Waals surface area contributed by atoms with Crippen LogP contribution in [0.1, 0.15) is 19.6 Å². The van der Waals surface area contributed by atoms with Crippen LogP contribution in [0.15, 0.2) is 34.7 Å². The molecule has 0 unspecified atom stereocenters. The molecule has 0 spiro atoms. The van der Waals surface area contributed by atoms with Crippen molar-refractivity contribution in [2.45, 2.75) is 19.4 Å². The number of fused-ring (bicyclic) bond motifs is 1. The van der Waals surface area contributed by atoms with Crippen molar-refractivity contribution in [2.24, 2.45) is 0 Å². The normalized spacial score (nSPS) is 11.1. The van der Waals surface area contributed by atoms with Crippen LogP contribution in [0.3, 0.4) is 0 Å². The van der Waals surface area contributed by atoms with Crippen molar-refractivity contribution >= 4 is 11.0 Å². The lowest BCUT2D eigenvalue weighted by Crippen LogP contribution is -2.14. The molecule has 2 nitrogen and oxygen atoms in total. The van der Waals surface area contributed by atoms with E-state index in [-0.39, 0.29) is 0 Å². The second-order valence-electron chi connectivity index (χ2n) is 3.96. The van der Waals surface area contributed by atoms with Gasteiger partial charge in [-0.05, 0) is 25.8 Å². The molecule has 1 aromatic heterocycles. The van der Waals surface area contributed by atoms with Gasteiger partial charge in [-0.25, -0.2) is 0 Å². The Bertz CT molecular complexity index is 500. The molecule has 0 radical (unpaired) electrons. The molecule has 1 aromatic carbocycles. The van der Waals surface area contributed by atoms with Gasteiger partial charge in [0.1, 0.15) is 11.2 Å². The zero-order chi connectivity index (χ0) is 10.9. The lowest BCUT2D eigenvalue weighted by atomic mass is 10.1. The van der Waals surface area contributed by atoms with E-state index in [0.29, 0.717) is 5.76 Å². The first kappa shape index (κ1) is 9.82.